The number of ether oxygens (including phenoxy) is 3. The number of ketones is 2. The molecule has 7 heteroatoms. The number of hydrogen-bond donors (Lipinski definition) is 0. The van der Waals surface area contributed by atoms with Crippen LogP contribution >= 0.6 is 11.6 Å². The Morgan fingerprint density at radius 3 is 2.00 bits per heavy atom. The highest BCUT2D eigenvalue weighted by atomic mass is 35.5. The molecule has 0 fully saturated rings. The van der Waals surface area contributed by atoms with Crippen LogP contribution in [0.15, 0.2) is 65.0 Å². The Kier molecular flexibility index (Phi) is 9.10. The first-order valence-electron chi connectivity index (χ1n) is 15.4. The van der Waals surface area contributed by atoms with Gasteiger partial charge in [0, 0.05) is 66.6 Å². The summed E-state index contributed by atoms with van der Waals surface area (Å²) in [5.74, 6) is 1.04. The lowest BCUT2D eigenvalue weighted by molar-refractivity contribution is -0.119. The van der Waals surface area contributed by atoms with Gasteiger partial charge in [0.05, 0.1) is 6.61 Å². The predicted octanol–water partition coefficient (Wildman–Crippen LogP) is 8.04. The molecule has 1 aliphatic heterocycles. The third kappa shape index (κ3) is 6.71. The summed E-state index contributed by atoms with van der Waals surface area (Å²) in [6.07, 6.45) is 3.29. The molecule has 0 atom stereocenters. The van der Waals surface area contributed by atoms with E-state index in [4.69, 9.17) is 25.8 Å². The Labute approximate surface area is 261 Å². The Morgan fingerprint density at radius 1 is 0.837 bits per heavy atom. The Bertz CT molecular complexity index is 1400. The van der Waals surface area contributed by atoms with Crippen LogP contribution in [0.4, 0.5) is 0 Å². The third-order valence-corrected chi connectivity index (χ3v) is 8.91. The lowest BCUT2D eigenvalue weighted by Crippen LogP contribution is -2.44. The van der Waals surface area contributed by atoms with E-state index in [1.165, 1.54) is 0 Å². The number of allylic oxidation sites excluding steroid dienone is 4. The Balaban J connectivity index is 1.61. The van der Waals surface area contributed by atoms with Crippen molar-refractivity contribution in [1.29, 1.82) is 0 Å². The summed E-state index contributed by atoms with van der Waals surface area (Å²) < 4.78 is 17.7. The van der Waals surface area contributed by atoms with E-state index in [0.717, 1.165) is 52.9 Å². The maximum Gasteiger partial charge on any atom is 0.162 e. The summed E-state index contributed by atoms with van der Waals surface area (Å²) in [5, 5.41) is 0.677. The fourth-order valence-corrected chi connectivity index (χ4v) is 6.98. The molecule has 3 aliphatic rings. The molecule has 0 amide bonds. The van der Waals surface area contributed by atoms with Gasteiger partial charge in [0.1, 0.15) is 6.61 Å². The number of rotatable bonds is 10. The first kappa shape index (κ1) is 31.3. The van der Waals surface area contributed by atoms with E-state index >= 15 is 0 Å². The maximum absolute atomic E-state index is 14.1. The summed E-state index contributed by atoms with van der Waals surface area (Å²) in [7, 11) is 1.71. The number of methoxy groups -OCH3 is 1. The number of hydrogen-bond acceptors (Lipinski definition) is 6. The second-order valence-corrected chi connectivity index (χ2v) is 14.0. The molecule has 0 spiro atoms. The molecule has 2 aromatic rings. The van der Waals surface area contributed by atoms with Crippen LogP contribution in [0, 0.1) is 10.8 Å². The molecule has 0 bridgehead atoms. The van der Waals surface area contributed by atoms with Crippen LogP contribution in [0.25, 0.3) is 0 Å². The van der Waals surface area contributed by atoms with Crippen molar-refractivity contribution in [2.24, 2.45) is 10.8 Å². The van der Waals surface area contributed by atoms with E-state index in [0.29, 0.717) is 55.7 Å². The van der Waals surface area contributed by atoms with Crippen LogP contribution < -0.4 is 9.47 Å². The van der Waals surface area contributed by atoms with Gasteiger partial charge in [-0.2, -0.15) is 0 Å². The van der Waals surface area contributed by atoms with Crippen molar-refractivity contribution >= 4 is 23.2 Å². The molecule has 0 saturated heterocycles. The van der Waals surface area contributed by atoms with Gasteiger partial charge >= 0.3 is 0 Å². The van der Waals surface area contributed by atoms with E-state index in [1.54, 1.807) is 7.11 Å². The lowest BCUT2D eigenvalue weighted by atomic mass is 9.63. The first-order chi connectivity index (χ1) is 20.4. The summed E-state index contributed by atoms with van der Waals surface area (Å²) >= 11 is 6.05. The Morgan fingerprint density at radius 2 is 1.44 bits per heavy atom. The lowest BCUT2D eigenvalue weighted by Gasteiger charge is -2.49. The fraction of sp³-hybridized carbons (Fsp3) is 0.500. The van der Waals surface area contributed by atoms with Crippen molar-refractivity contribution in [3.63, 3.8) is 0 Å². The normalized spacial score (nSPS) is 19.8. The van der Waals surface area contributed by atoms with E-state index in [9.17, 15) is 9.59 Å². The van der Waals surface area contributed by atoms with Crippen LogP contribution in [0.2, 0.25) is 5.02 Å². The average Bonchev–Trinajstić information content (AvgIpc) is 2.92. The van der Waals surface area contributed by atoms with Crippen molar-refractivity contribution in [3.8, 4) is 11.5 Å². The molecule has 230 valence electrons. The summed E-state index contributed by atoms with van der Waals surface area (Å²) in [5.41, 5.74) is 5.21. The number of Topliss-reactive ketones (excluding diaryl/α,β-unsaturated/α-hetero) is 2. The van der Waals surface area contributed by atoms with Crippen LogP contribution in [0.1, 0.15) is 83.8 Å². The van der Waals surface area contributed by atoms with Gasteiger partial charge in [-0.3, -0.25) is 9.59 Å². The molecule has 1 heterocycles. The van der Waals surface area contributed by atoms with Crippen molar-refractivity contribution < 1.29 is 23.8 Å². The molecule has 2 aliphatic carbocycles. The van der Waals surface area contributed by atoms with Gasteiger partial charge in [-0.25, -0.2) is 0 Å². The molecule has 2 aromatic carbocycles. The number of carbonyl (C=O) groups excluding carboxylic acids is 2. The molecule has 43 heavy (non-hydrogen) atoms. The molecule has 6 nitrogen and oxygen atoms in total. The summed E-state index contributed by atoms with van der Waals surface area (Å²) in [6, 6.07) is 13.4. The molecular weight excluding hydrogens is 562 g/mol. The van der Waals surface area contributed by atoms with Crippen LogP contribution in [-0.2, 0) is 20.9 Å². The van der Waals surface area contributed by atoms with Gasteiger partial charge in [0.25, 0.3) is 0 Å². The molecule has 0 radical (unpaired) electrons. The van der Waals surface area contributed by atoms with Gasteiger partial charge in [-0.1, -0.05) is 57.5 Å². The van der Waals surface area contributed by atoms with Crippen LogP contribution in [-0.4, -0.2) is 43.3 Å². The zero-order valence-corrected chi connectivity index (χ0v) is 27.1. The molecule has 5 rings (SSSR count). The minimum absolute atomic E-state index is 0.123. The maximum atomic E-state index is 14.1. The second-order valence-electron chi connectivity index (χ2n) is 13.6. The topological polar surface area (TPSA) is 65.1 Å². The quantitative estimate of drug-likeness (QED) is 0.255. The van der Waals surface area contributed by atoms with Crippen molar-refractivity contribution in [2.45, 2.75) is 79.2 Å². The molecule has 0 N–H and O–H groups in total. The minimum atomic E-state index is -0.430. The number of carbonyl (C=O) groups is 2. The third-order valence-electron chi connectivity index (χ3n) is 8.66. The average molecular weight is 606 g/mol. The second kappa shape index (κ2) is 12.5. The van der Waals surface area contributed by atoms with Gasteiger partial charge in [-0.15, -0.1) is 0 Å². The van der Waals surface area contributed by atoms with E-state index < -0.39 is 5.92 Å². The smallest absolute Gasteiger partial charge is 0.162 e. The highest BCUT2D eigenvalue weighted by molar-refractivity contribution is 6.30. The van der Waals surface area contributed by atoms with Crippen molar-refractivity contribution in [1.82, 2.24) is 4.90 Å². The predicted molar refractivity (Wildman–Crippen MR) is 169 cm³/mol. The van der Waals surface area contributed by atoms with Gasteiger partial charge < -0.3 is 19.1 Å². The molecule has 0 unspecified atom stereocenters. The molecule has 0 aromatic heterocycles. The summed E-state index contributed by atoms with van der Waals surface area (Å²) in [4.78, 5) is 30.4. The molecule has 0 saturated carbocycles. The highest BCUT2D eigenvalue weighted by Crippen LogP contribution is 2.55. The largest absolute Gasteiger partial charge is 0.490 e. The number of nitrogens with zero attached hydrogens (tertiary/aromatic N) is 1. The molecular formula is C36H44ClNO5. The van der Waals surface area contributed by atoms with E-state index in [1.807, 2.05) is 49.4 Å². The SMILES string of the molecule is CCOc1cc(C2C3=C(CC(C)(C)CC3=O)N(CCCOC)C3=C2C(=O)CC(C)(C)C3)ccc1OCc1ccc(Cl)cc1. The van der Waals surface area contributed by atoms with Crippen molar-refractivity contribution in [3.05, 3.63) is 81.2 Å². The van der Waals surface area contributed by atoms with Gasteiger partial charge in [0.15, 0.2) is 23.1 Å². The minimum Gasteiger partial charge on any atom is -0.490 e. The van der Waals surface area contributed by atoms with Crippen LogP contribution in [0.5, 0.6) is 11.5 Å². The van der Waals surface area contributed by atoms with Gasteiger partial charge in [-0.05, 0) is 72.4 Å². The number of halogens is 1. The zero-order valence-electron chi connectivity index (χ0n) is 26.3. The first-order valence-corrected chi connectivity index (χ1v) is 15.7. The number of benzene rings is 2. The standard InChI is InChI=1S/C36H44ClNO5/c1-7-42-31-17-24(11-14-30(31)43-22-23-9-12-25(37)13-10-23)32-33-26(18-35(2,3)20-28(33)39)38(15-8-16-41-6)27-19-36(4,5)21-29(40)34(27)32/h9-14,17,32H,7-8,15-16,18-22H2,1-6H3. The monoisotopic (exact) mass is 605 g/mol. The zero-order chi connectivity index (χ0) is 30.9. The fourth-order valence-electron chi connectivity index (χ4n) is 6.85. The Hall–Kier alpha value is -3.09. The summed E-state index contributed by atoms with van der Waals surface area (Å²) in [6.45, 7) is 12.8. The van der Waals surface area contributed by atoms with E-state index in [2.05, 4.69) is 32.6 Å². The van der Waals surface area contributed by atoms with Gasteiger partial charge in [0.2, 0.25) is 0 Å². The van der Waals surface area contributed by atoms with Crippen molar-refractivity contribution in [2.75, 3.05) is 26.9 Å². The highest BCUT2D eigenvalue weighted by Gasteiger charge is 2.49. The van der Waals surface area contributed by atoms with E-state index in [-0.39, 0.29) is 22.4 Å². The van der Waals surface area contributed by atoms with Crippen LogP contribution in [0.3, 0.4) is 0 Å².